The van der Waals surface area contributed by atoms with Gasteiger partial charge in [-0.2, -0.15) is 0 Å². The molecule has 126 valence electrons. The van der Waals surface area contributed by atoms with Crippen LogP contribution in [0.4, 0.5) is 0 Å². The molecule has 21 heavy (non-hydrogen) atoms. The van der Waals surface area contributed by atoms with E-state index in [0.717, 1.165) is 25.7 Å². The zero-order valence-electron chi connectivity index (χ0n) is 13.9. The van der Waals surface area contributed by atoms with Crippen molar-refractivity contribution in [2.24, 2.45) is 0 Å². The van der Waals surface area contributed by atoms with Crippen molar-refractivity contribution in [2.75, 3.05) is 0 Å². The highest BCUT2D eigenvalue weighted by atomic mass is 16.4. The third kappa shape index (κ3) is 28.0. The molecule has 0 spiro atoms. The number of carboxylic acid groups (broad SMARTS) is 2. The molecule has 0 fully saturated rings. The van der Waals surface area contributed by atoms with Gasteiger partial charge in [-0.3, -0.25) is 9.59 Å². The fourth-order valence-electron chi connectivity index (χ4n) is 1.91. The fourth-order valence-corrected chi connectivity index (χ4v) is 1.91. The molecule has 0 aromatic heterocycles. The van der Waals surface area contributed by atoms with Gasteiger partial charge in [-0.15, -0.1) is 0 Å². The summed E-state index contributed by atoms with van der Waals surface area (Å²) in [4.78, 5) is 20.0. The van der Waals surface area contributed by atoms with Gasteiger partial charge in [-0.25, -0.2) is 0 Å². The summed E-state index contributed by atoms with van der Waals surface area (Å²) in [6.45, 7) is 4.20. The Balaban J connectivity index is 0. The van der Waals surface area contributed by atoms with Crippen LogP contribution < -0.4 is 0 Å². The number of carbonyl (C=O) groups is 2. The summed E-state index contributed by atoms with van der Waals surface area (Å²) in [5.41, 5.74) is 0. The van der Waals surface area contributed by atoms with Gasteiger partial charge in [0.15, 0.2) is 0 Å². The van der Waals surface area contributed by atoms with Gasteiger partial charge in [0.2, 0.25) is 0 Å². The number of hydrogen-bond donors (Lipinski definition) is 2. The van der Waals surface area contributed by atoms with E-state index in [1.54, 1.807) is 0 Å². The highest BCUT2D eigenvalue weighted by Crippen LogP contribution is 2.10. The topological polar surface area (TPSA) is 74.6 Å². The second-order valence-corrected chi connectivity index (χ2v) is 5.47. The van der Waals surface area contributed by atoms with Gasteiger partial charge in [0.1, 0.15) is 0 Å². The first kappa shape index (κ1) is 22.2. The van der Waals surface area contributed by atoms with Crippen LogP contribution in [-0.2, 0) is 9.59 Å². The number of rotatable bonds is 13. The molecule has 0 radical (unpaired) electrons. The Hall–Kier alpha value is -1.06. The van der Waals surface area contributed by atoms with Gasteiger partial charge in [-0.05, 0) is 12.8 Å². The van der Waals surface area contributed by atoms with Crippen LogP contribution >= 0.6 is 0 Å². The van der Waals surface area contributed by atoms with E-state index in [1.165, 1.54) is 44.9 Å². The molecule has 0 saturated heterocycles. The van der Waals surface area contributed by atoms with Crippen molar-refractivity contribution in [3.63, 3.8) is 0 Å². The smallest absolute Gasteiger partial charge is 0.303 e. The molecule has 0 atom stereocenters. The third-order valence-corrected chi connectivity index (χ3v) is 3.24. The normalized spacial score (nSPS) is 9.81. The molecule has 0 aliphatic heterocycles. The predicted molar refractivity (Wildman–Crippen MR) is 86.6 cm³/mol. The van der Waals surface area contributed by atoms with E-state index in [1.807, 2.05) is 6.92 Å². The molecule has 4 nitrogen and oxygen atoms in total. The van der Waals surface area contributed by atoms with E-state index in [4.69, 9.17) is 10.2 Å². The van der Waals surface area contributed by atoms with Gasteiger partial charge < -0.3 is 10.2 Å². The van der Waals surface area contributed by atoms with E-state index in [9.17, 15) is 9.59 Å². The number of hydrogen-bond acceptors (Lipinski definition) is 2. The maximum Gasteiger partial charge on any atom is 0.303 e. The second kappa shape index (κ2) is 18.9. The molecule has 0 aliphatic rings. The molecule has 0 aromatic carbocycles. The molecule has 0 amide bonds. The Morgan fingerprint density at radius 3 is 1.24 bits per heavy atom. The molecule has 4 heteroatoms. The van der Waals surface area contributed by atoms with E-state index in [2.05, 4.69) is 6.92 Å². The zero-order valence-corrected chi connectivity index (χ0v) is 13.9. The van der Waals surface area contributed by atoms with Gasteiger partial charge >= 0.3 is 11.9 Å². The lowest BCUT2D eigenvalue weighted by Crippen LogP contribution is -1.93. The molecule has 0 aliphatic carbocycles. The molecule has 0 bridgehead atoms. The van der Waals surface area contributed by atoms with E-state index in [0.29, 0.717) is 12.8 Å². The Kier molecular flexibility index (Phi) is 20.0. The standard InChI is InChI=1S/C12H24O2.C5H10O2/c1-2-3-4-5-6-7-8-9-10-11-12(13)14;1-2-3-4-5(6)7/h2-11H2,1H3,(H,13,14);2-4H2,1H3,(H,6,7). The van der Waals surface area contributed by atoms with E-state index in [-0.39, 0.29) is 0 Å². The van der Waals surface area contributed by atoms with Crippen molar-refractivity contribution in [3.8, 4) is 0 Å². The molecular formula is C17H34O4. The predicted octanol–water partition coefficient (Wildman–Crippen LogP) is 5.25. The first-order valence-corrected chi connectivity index (χ1v) is 8.48. The monoisotopic (exact) mass is 302 g/mol. The van der Waals surface area contributed by atoms with Crippen molar-refractivity contribution in [3.05, 3.63) is 0 Å². The third-order valence-electron chi connectivity index (χ3n) is 3.24. The van der Waals surface area contributed by atoms with Gasteiger partial charge in [0, 0.05) is 12.8 Å². The Morgan fingerprint density at radius 2 is 0.905 bits per heavy atom. The first-order valence-electron chi connectivity index (χ1n) is 8.48. The highest BCUT2D eigenvalue weighted by Gasteiger charge is 1.96. The minimum absolute atomic E-state index is 0.316. The molecule has 0 unspecified atom stereocenters. The second-order valence-electron chi connectivity index (χ2n) is 5.47. The van der Waals surface area contributed by atoms with Crippen LogP contribution in [0.1, 0.15) is 97.3 Å². The van der Waals surface area contributed by atoms with E-state index >= 15 is 0 Å². The first-order chi connectivity index (χ1) is 10.0. The highest BCUT2D eigenvalue weighted by molar-refractivity contribution is 5.66. The minimum atomic E-state index is -0.693. The van der Waals surface area contributed by atoms with Crippen LogP contribution in [0, 0.1) is 0 Å². The summed E-state index contributed by atoms with van der Waals surface area (Å²) < 4.78 is 0. The van der Waals surface area contributed by atoms with Gasteiger partial charge in [-0.1, -0.05) is 71.6 Å². The number of aliphatic carboxylic acids is 2. The van der Waals surface area contributed by atoms with Crippen molar-refractivity contribution < 1.29 is 19.8 Å². The number of carboxylic acids is 2. The van der Waals surface area contributed by atoms with Gasteiger partial charge in [0.25, 0.3) is 0 Å². The maximum absolute atomic E-state index is 10.2. The molecule has 0 saturated carbocycles. The van der Waals surface area contributed by atoms with Crippen LogP contribution in [0.5, 0.6) is 0 Å². The van der Waals surface area contributed by atoms with Crippen LogP contribution in [0.15, 0.2) is 0 Å². The Bertz CT molecular complexity index is 239. The molecule has 0 heterocycles. The van der Waals surface area contributed by atoms with Crippen LogP contribution in [-0.4, -0.2) is 22.2 Å². The van der Waals surface area contributed by atoms with Crippen LogP contribution in [0.25, 0.3) is 0 Å². The lowest BCUT2D eigenvalue weighted by Gasteiger charge is -2.00. The Morgan fingerprint density at radius 1 is 0.571 bits per heavy atom. The van der Waals surface area contributed by atoms with Crippen molar-refractivity contribution in [2.45, 2.75) is 97.3 Å². The summed E-state index contributed by atoms with van der Waals surface area (Å²) >= 11 is 0. The lowest BCUT2D eigenvalue weighted by atomic mass is 10.1. The molecule has 2 N–H and O–H groups in total. The lowest BCUT2D eigenvalue weighted by molar-refractivity contribution is -0.138. The molecule has 0 rings (SSSR count). The average molecular weight is 302 g/mol. The van der Waals surface area contributed by atoms with Gasteiger partial charge in [0.05, 0.1) is 0 Å². The molecular weight excluding hydrogens is 268 g/mol. The van der Waals surface area contributed by atoms with Crippen LogP contribution in [0.2, 0.25) is 0 Å². The summed E-state index contributed by atoms with van der Waals surface area (Å²) in [5, 5.41) is 16.5. The maximum atomic E-state index is 10.2. The summed E-state index contributed by atoms with van der Waals surface area (Å²) in [7, 11) is 0. The van der Waals surface area contributed by atoms with Crippen LogP contribution in [0.3, 0.4) is 0 Å². The van der Waals surface area contributed by atoms with Crippen molar-refractivity contribution in [1.82, 2.24) is 0 Å². The largest absolute Gasteiger partial charge is 0.481 e. The zero-order chi connectivity index (χ0) is 16.3. The van der Waals surface area contributed by atoms with Crippen molar-refractivity contribution >= 4 is 11.9 Å². The summed E-state index contributed by atoms with van der Waals surface area (Å²) in [5.74, 6) is -1.35. The summed E-state index contributed by atoms with van der Waals surface area (Å²) in [6, 6.07) is 0. The van der Waals surface area contributed by atoms with Crippen molar-refractivity contribution in [1.29, 1.82) is 0 Å². The minimum Gasteiger partial charge on any atom is -0.481 e. The SMILES string of the molecule is CCCCC(=O)O.CCCCCCCCCCCC(=O)O. The van der Waals surface area contributed by atoms with E-state index < -0.39 is 11.9 Å². The number of unbranched alkanes of at least 4 members (excludes halogenated alkanes) is 9. The molecule has 0 aromatic rings. The Labute approximate surface area is 129 Å². The summed E-state index contributed by atoms with van der Waals surface area (Å²) in [6.07, 6.45) is 13.6. The quantitative estimate of drug-likeness (QED) is 0.455. The average Bonchev–Trinajstić information content (AvgIpc) is 2.43. The fraction of sp³-hybridized carbons (Fsp3) is 0.882.